The Morgan fingerprint density at radius 1 is 1.22 bits per heavy atom. The molecule has 1 aromatic carbocycles. The normalized spacial score (nSPS) is 14.1. The molecule has 0 aliphatic carbocycles. The highest BCUT2D eigenvalue weighted by Crippen LogP contribution is 2.35. The van der Waals surface area contributed by atoms with Crippen LogP contribution in [0.3, 0.4) is 0 Å². The third-order valence-corrected chi connectivity index (χ3v) is 6.49. The lowest BCUT2D eigenvalue weighted by atomic mass is 10.0. The van der Waals surface area contributed by atoms with Crippen molar-refractivity contribution in [2.24, 2.45) is 7.05 Å². The fraction of sp³-hybridized carbons (Fsp3) is 0.300. The predicted octanol–water partition coefficient (Wildman–Crippen LogP) is 3.95. The number of benzene rings is 1. The van der Waals surface area contributed by atoms with Crippen LogP contribution < -0.4 is 9.80 Å². The van der Waals surface area contributed by atoms with Crippen molar-refractivity contribution >= 4 is 43.4 Å². The summed E-state index contributed by atoms with van der Waals surface area (Å²) in [4.78, 5) is 13.4. The zero-order valence-electron chi connectivity index (χ0n) is 15.5. The molecule has 0 fully saturated rings. The third kappa shape index (κ3) is 2.56. The van der Waals surface area contributed by atoms with Gasteiger partial charge in [0.25, 0.3) is 0 Å². The van der Waals surface area contributed by atoms with Crippen LogP contribution >= 0.6 is 11.3 Å². The van der Waals surface area contributed by atoms with Crippen molar-refractivity contribution in [3.63, 3.8) is 0 Å². The van der Waals surface area contributed by atoms with Crippen molar-refractivity contribution in [1.29, 1.82) is 0 Å². The van der Waals surface area contributed by atoms with Gasteiger partial charge in [-0.1, -0.05) is 11.3 Å². The van der Waals surface area contributed by atoms with Crippen LogP contribution in [0.25, 0.3) is 21.3 Å². The zero-order chi connectivity index (χ0) is 18.7. The number of hydrogen-bond acceptors (Lipinski definition) is 5. The Kier molecular flexibility index (Phi) is 3.62. The Labute approximate surface area is 160 Å². The highest BCUT2D eigenvalue weighted by atomic mass is 32.1. The molecule has 138 valence electrons. The van der Waals surface area contributed by atoms with Crippen molar-refractivity contribution in [3.8, 4) is 0 Å². The first-order chi connectivity index (χ1) is 13.0. The van der Waals surface area contributed by atoms with Crippen LogP contribution in [-0.2, 0) is 20.0 Å². The Morgan fingerprint density at radius 2 is 2.07 bits per heavy atom. The van der Waals surface area contributed by atoms with Gasteiger partial charge >= 0.3 is 0 Å². The van der Waals surface area contributed by atoms with Crippen LogP contribution in [0.4, 0.5) is 15.2 Å². The largest absolute Gasteiger partial charge is 0.367 e. The van der Waals surface area contributed by atoms with Crippen molar-refractivity contribution in [2.75, 3.05) is 30.4 Å². The summed E-state index contributed by atoms with van der Waals surface area (Å²) in [5, 5.41) is 1.93. The summed E-state index contributed by atoms with van der Waals surface area (Å²) in [7, 11) is 6.05. The molecule has 0 bridgehead atoms. The maximum Gasteiger partial charge on any atom is 0.185 e. The van der Waals surface area contributed by atoms with Gasteiger partial charge in [-0.15, -0.1) is 0 Å². The van der Waals surface area contributed by atoms with Crippen LogP contribution in [0.2, 0.25) is 0 Å². The molecule has 27 heavy (non-hydrogen) atoms. The Morgan fingerprint density at radius 3 is 2.89 bits per heavy atom. The van der Waals surface area contributed by atoms with Gasteiger partial charge < -0.3 is 14.4 Å². The van der Waals surface area contributed by atoms with Crippen molar-refractivity contribution < 1.29 is 4.39 Å². The molecule has 0 saturated carbocycles. The van der Waals surface area contributed by atoms with Crippen LogP contribution in [0.15, 0.2) is 30.5 Å². The number of hydrogen-bond donors (Lipinski definition) is 0. The molecule has 0 unspecified atom stereocenters. The maximum atomic E-state index is 13.8. The molecular formula is C20H20FN5S. The standard InChI is InChI=1S/C20H20FN5S/c1-24(2)20-23-16-5-4-13(9-18(16)27-20)26-7-6-17-15(11-26)14-8-12(21)10-22-19(14)25(17)3/h4-5,8-10H,6-7,11H2,1-3H3. The molecule has 3 aromatic heterocycles. The molecule has 1 aliphatic heterocycles. The minimum absolute atomic E-state index is 0.282. The van der Waals surface area contributed by atoms with Gasteiger partial charge in [-0.05, 0) is 24.3 Å². The number of rotatable bonds is 2. The molecule has 0 amide bonds. The van der Waals surface area contributed by atoms with Crippen molar-refractivity contribution in [1.82, 2.24) is 14.5 Å². The second-order valence-electron chi connectivity index (χ2n) is 7.22. The second kappa shape index (κ2) is 5.92. The summed E-state index contributed by atoms with van der Waals surface area (Å²) >= 11 is 1.70. The molecule has 0 atom stereocenters. The van der Waals surface area contributed by atoms with Gasteiger partial charge in [-0.25, -0.2) is 14.4 Å². The van der Waals surface area contributed by atoms with Gasteiger partial charge in [0.05, 0.1) is 16.4 Å². The van der Waals surface area contributed by atoms with E-state index in [2.05, 4.69) is 37.6 Å². The molecule has 4 aromatic rings. The molecule has 1 aliphatic rings. The minimum Gasteiger partial charge on any atom is -0.367 e. The molecule has 4 heterocycles. The number of anilines is 2. The van der Waals surface area contributed by atoms with E-state index in [0.717, 1.165) is 41.2 Å². The smallest absolute Gasteiger partial charge is 0.185 e. The summed E-state index contributed by atoms with van der Waals surface area (Å²) in [6, 6.07) is 8.06. The van der Waals surface area contributed by atoms with Gasteiger partial charge in [0.15, 0.2) is 5.13 Å². The number of pyridine rings is 1. The fourth-order valence-electron chi connectivity index (χ4n) is 3.92. The molecule has 5 rings (SSSR count). The lowest BCUT2D eigenvalue weighted by molar-refractivity contribution is 0.623. The van der Waals surface area contributed by atoms with E-state index >= 15 is 0 Å². The molecule has 0 radical (unpaired) electrons. The van der Waals surface area contributed by atoms with Crippen LogP contribution in [0.1, 0.15) is 11.3 Å². The summed E-state index contributed by atoms with van der Waals surface area (Å²) in [5.74, 6) is -0.282. The summed E-state index contributed by atoms with van der Waals surface area (Å²) in [6.07, 6.45) is 2.22. The molecule has 0 saturated heterocycles. The number of nitrogens with zero attached hydrogens (tertiary/aromatic N) is 5. The van der Waals surface area contributed by atoms with E-state index in [9.17, 15) is 4.39 Å². The van der Waals surface area contributed by atoms with Crippen LogP contribution in [0.5, 0.6) is 0 Å². The number of halogens is 1. The highest BCUT2D eigenvalue weighted by molar-refractivity contribution is 7.22. The second-order valence-corrected chi connectivity index (χ2v) is 8.23. The first kappa shape index (κ1) is 16.5. The lowest BCUT2D eigenvalue weighted by Crippen LogP contribution is -2.30. The summed E-state index contributed by atoms with van der Waals surface area (Å²) < 4.78 is 17.1. The maximum absolute atomic E-state index is 13.8. The number of fused-ring (bicyclic) bond motifs is 4. The van der Waals surface area contributed by atoms with E-state index in [4.69, 9.17) is 0 Å². The molecule has 0 N–H and O–H groups in total. The highest BCUT2D eigenvalue weighted by Gasteiger charge is 2.24. The quantitative estimate of drug-likeness (QED) is 0.527. The Balaban J connectivity index is 1.55. The average Bonchev–Trinajstić information content (AvgIpc) is 3.21. The lowest BCUT2D eigenvalue weighted by Gasteiger charge is -2.29. The van der Waals surface area contributed by atoms with Crippen LogP contribution in [0, 0.1) is 5.82 Å². The molecule has 5 nitrogen and oxygen atoms in total. The fourth-order valence-corrected chi connectivity index (χ4v) is 4.84. The molecule has 0 spiro atoms. The van der Waals surface area contributed by atoms with Gasteiger partial charge in [-0.2, -0.15) is 0 Å². The van der Waals surface area contributed by atoms with Gasteiger partial charge in [0, 0.05) is 63.0 Å². The van der Waals surface area contributed by atoms with Crippen molar-refractivity contribution in [3.05, 3.63) is 47.5 Å². The predicted molar refractivity (Wildman–Crippen MR) is 109 cm³/mol. The van der Waals surface area contributed by atoms with E-state index < -0.39 is 0 Å². The van der Waals surface area contributed by atoms with E-state index in [1.165, 1.54) is 27.8 Å². The number of aryl methyl sites for hydroxylation is 1. The summed E-state index contributed by atoms with van der Waals surface area (Å²) in [6.45, 7) is 1.70. The first-order valence-electron chi connectivity index (χ1n) is 8.96. The Bertz CT molecular complexity index is 1180. The van der Waals surface area contributed by atoms with Gasteiger partial charge in [0.2, 0.25) is 0 Å². The molecule has 7 heteroatoms. The van der Waals surface area contributed by atoms with E-state index in [-0.39, 0.29) is 5.82 Å². The monoisotopic (exact) mass is 381 g/mol. The number of aromatic nitrogens is 3. The zero-order valence-corrected chi connectivity index (χ0v) is 16.3. The van der Waals surface area contributed by atoms with Gasteiger partial charge in [0.1, 0.15) is 11.5 Å². The average molecular weight is 381 g/mol. The molecular weight excluding hydrogens is 361 g/mol. The minimum atomic E-state index is -0.282. The van der Waals surface area contributed by atoms with Gasteiger partial charge in [-0.3, -0.25) is 0 Å². The van der Waals surface area contributed by atoms with Crippen LogP contribution in [-0.4, -0.2) is 35.2 Å². The topological polar surface area (TPSA) is 37.2 Å². The Hall–Kier alpha value is -2.67. The van der Waals surface area contributed by atoms with E-state index in [1.54, 1.807) is 17.4 Å². The van der Waals surface area contributed by atoms with E-state index in [0.29, 0.717) is 0 Å². The summed E-state index contributed by atoms with van der Waals surface area (Å²) in [5.41, 5.74) is 5.51. The van der Waals surface area contributed by atoms with Crippen molar-refractivity contribution in [2.45, 2.75) is 13.0 Å². The first-order valence-corrected chi connectivity index (χ1v) is 9.77. The SMILES string of the molecule is CN(C)c1nc2ccc(N3CCc4c(c5cc(F)cnc5n4C)C3)cc2s1. The van der Waals surface area contributed by atoms with E-state index in [1.807, 2.05) is 26.0 Å². The number of thiazole rings is 1. The third-order valence-electron chi connectivity index (χ3n) is 5.31.